The van der Waals surface area contributed by atoms with Crippen LogP contribution in [0.2, 0.25) is 0 Å². The lowest BCUT2D eigenvalue weighted by Gasteiger charge is -2.20. The molecule has 0 saturated heterocycles. The monoisotopic (exact) mass is 282 g/mol. The minimum absolute atomic E-state index is 0.0266. The molecule has 0 heterocycles. The molecule has 1 aromatic carbocycles. The van der Waals surface area contributed by atoms with Gasteiger partial charge in [-0.2, -0.15) is 0 Å². The highest BCUT2D eigenvalue weighted by Gasteiger charge is 2.09. The molecule has 0 aromatic heterocycles. The van der Waals surface area contributed by atoms with Crippen molar-refractivity contribution in [2.75, 3.05) is 25.9 Å². The fraction of sp³-hybridized carbons (Fsp3) is 0.500. The van der Waals surface area contributed by atoms with E-state index in [4.69, 9.17) is 0 Å². The maximum atomic E-state index is 11.9. The van der Waals surface area contributed by atoms with Gasteiger partial charge < -0.3 is 5.32 Å². The van der Waals surface area contributed by atoms with Crippen LogP contribution in [0.3, 0.4) is 0 Å². The standard InChI is InChI=1S/C14H22N2O2S/c1-12(2)16(3)11-14(17)15-9-10-19(18)13-7-5-4-6-8-13/h4-8,12H,9-11H2,1-3H3,(H,15,17)/t19-/m0/s1. The lowest BCUT2D eigenvalue weighted by Crippen LogP contribution is -2.39. The smallest absolute Gasteiger partial charge is 0.234 e. The molecule has 4 nitrogen and oxygen atoms in total. The summed E-state index contributed by atoms with van der Waals surface area (Å²) in [6.07, 6.45) is 0. The molecule has 0 spiro atoms. The Morgan fingerprint density at radius 2 is 1.95 bits per heavy atom. The van der Waals surface area contributed by atoms with Crippen molar-refractivity contribution >= 4 is 16.7 Å². The first kappa shape index (κ1) is 15.9. The summed E-state index contributed by atoms with van der Waals surface area (Å²) in [5.74, 6) is 0.419. The summed E-state index contributed by atoms with van der Waals surface area (Å²) in [6.45, 7) is 4.89. The molecule has 1 N–H and O–H groups in total. The van der Waals surface area contributed by atoms with Gasteiger partial charge in [-0.3, -0.25) is 13.9 Å². The van der Waals surface area contributed by atoms with Crippen LogP contribution in [0.5, 0.6) is 0 Å². The van der Waals surface area contributed by atoms with Crippen LogP contribution in [0.4, 0.5) is 0 Å². The van der Waals surface area contributed by atoms with Crippen molar-refractivity contribution in [1.29, 1.82) is 0 Å². The third-order valence-electron chi connectivity index (χ3n) is 2.89. The van der Waals surface area contributed by atoms with E-state index in [0.717, 1.165) is 4.90 Å². The number of nitrogens with one attached hydrogen (secondary N) is 1. The van der Waals surface area contributed by atoms with E-state index in [2.05, 4.69) is 5.32 Å². The Bertz CT molecular complexity index is 421. The van der Waals surface area contributed by atoms with Crippen molar-refractivity contribution in [2.24, 2.45) is 0 Å². The SMILES string of the molecule is CC(C)N(C)CC(=O)NCC[S@](=O)c1ccccc1. The minimum atomic E-state index is -1.05. The van der Waals surface area contributed by atoms with Crippen molar-refractivity contribution in [3.8, 4) is 0 Å². The zero-order valence-corrected chi connectivity index (χ0v) is 12.6. The van der Waals surface area contributed by atoms with Crippen LogP contribution in [0.25, 0.3) is 0 Å². The molecule has 0 saturated carbocycles. The van der Waals surface area contributed by atoms with Crippen molar-refractivity contribution in [2.45, 2.75) is 24.8 Å². The Morgan fingerprint density at radius 1 is 1.32 bits per heavy atom. The molecule has 5 heteroatoms. The number of carbonyl (C=O) groups excluding carboxylic acids is 1. The van der Waals surface area contributed by atoms with Crippen molar-refractivity contribution in [3.05, 3.63) is 30.3 Å². The maximum absolute atomic E-state index is 11.9. The lowest BCUT2D eigenvalue weighted by atomic mass is 10.3. The number of benzene rings is 1. The van der Waals surface area contributed by atoms with Gasteiger partial charge in [0.15, 0.2) is 0 Å². The molecule has 0 bridgehead atoms. The molecule has 0 aliphatic heterocycles. The molecule has 19 heavy (non-hydrogen) atoms. The maximum Gasteiger partial charge on any atom is 0.234 e. The molecule has 0 aliphatic rings. The predicted molar refractivity (Wildman–Crippen MR) is 78.5 cm³/mol. The molecule has 1 atom stereocenters. The summed E-state index contributed by atoms with van der Waals surface area (Å²) < 4.78 is 11.9. The molecule has 0 fully saturated rings. The normalized spacial score (nSPS) is 12.7. The van der Waals surface area contributed by atoms with Crippen LogP contribution < -0.4 is 5.32 Å². The topological polar surface area (TPSA) is 49.4 Å². The summed E-state index contributed by atoms with van der Waals surface area (Å²) in [5, 5.41) is 2.80. The summed E-state index contributed by atoms with van der Waals surface area (Å²) in [4.78, 5) is 14.4. The van der Waals surface area contributed by atoms with Crippen molar-refractivity contribution in [3.63, 3.8) is 0 Å². The third kappa shape index (κ3) is 5.98. The Kier molecular flexibility index (Phi) is 6.73. The number of carbonyl (C=O) groups is 1. The van der Waals surface area contributed by atoms with Gasteiger partial charge in [-0.25, -0.2) is 0 Å². The van der Waals surface area contributed by atoms with Gasteiger partial charge in [-0.15, -0.1) is 0 Å². The lowest BCUT2D eigenvalue weighted by molar-refractivity contribution is -0.122. The second kappa shape index (κ2) is 8.07. The van der Waals surface area contributed by atoms with Crippen LogP contribution >= 0.6 is 0 Å². The quantitative estimate of drug-likeness (QED) is 0.819. The van der Waals surface area contributed by atoms with Gasteiger partial charge in [0.05, 0.1) is 17.3 Å². The summed E-state index contributed by atoms with van der Waals surface area (Å²) in [6, 6.07) is 9.63. The number of hydrogen-bond donors (Lipinski definition) is 1. The van der Waals surface area contributed by atoms with Crippen LogP contribution in [0.1, 0.15) is 13.8 Å². The van der Waals surface area contributed by atoms with Crippen LogP contribution in [0.15, 0.2) is 35.2 Å². The Labute approximate surface area is 117 Å². The van der Waals surface area contributed by atoms with E-state index in [1.165, 1.54) is 0 Å². The number of likely N-dealkylation sites (N-methyl/N-ethyl adjacent to an activating group) is 1. The Balaban J connectivity index is 2.27. The molecule has 106 valence electrons. The van der Waals surface area contributed by atoms with E-state index >= 15 is 0 Å². The fourth-order valence-corrected chi connectivity index (χ4v) is 2.42. The Hall–Kier alpha value is -1.20. The van der Waals surface area contributed by atoms with Crippen LogP contribution in [-0.2, 0) is 15.6 Å². The first-order valence-electron chi connectivity index (χ1n) is 6.41. The van der Waals surface area contributed by atoms with Gasteiger partial charge >= 0.3 is 0 Å². The average molecular weight is 282 g/mol. The van der Waals surface area contributed by atoms with Gasteiger partial charge in [0, 0.05) is 23.2 Å². The second-order valence-corrected chi connectivity index (χ2v) is 6.29. The van der Waals surface area contributed by atoms with E-state index in [-0.39, 0.29) is 5.91 Å². The van der Waals surface area contributed by atoms with Gasteiger partial charge in [0.2, 0.25) is 5.91 Å². The molecular formula is C14H22N2O2S. The van der Waals surface area contributed by atoms with Crippen LogP contribution in [0, 0.1) is 0 Å². The van der Waals surface area contributed by atoms with Crippen molar-refractivity contribution < 1.29 is 9.00 Å². The fourth-order valence-electron chi connectivity index (χ4n) is 1.44. The highest BCUT2D eigenvalue weighted by molar-refractivity contribution is 7.85. The average Bonchev–Trinajstić information content (AvgIpc) is 2.39. The number of rotatable bonds is 7. The molecule has 0 aliphatic carbocycles. The van der Waals surface area contributed by atoms with Crippen LogP contribution in [-0.4, -0.2) is 46.9 Å². The molecule has 1 amide bonds. The third-order valence-corrected chi connectivity index (χ3v) is 4.26. The largest absolute Gasteiger partial charge is 0.354 e. The summed E-state index contributed by atoms with van der Waals surface area (Å²) in [5.41, 5.74) is 0. The molecular weight excluding hydrogens is 260 g/mol. The van der Waals surface area contributed by atoms with E-state index in [1.807, 2.05) is 56.1 Å². The molecule has 1 aromatic rings. The molecule has 1 rings (SSSR count). The van der Waals surface area contributed by atoms with Gasteiger partial charge in [0.1, 0.15) is 0 Å². The number of amides is 1. The first-order chi connectivity index (χ1) is 9.00. The van der Waals surface area contributed by atoms with E-state index in [0.29, 0.717) is 24.9 Å². The van der Waals surface area contributed by atoms with E-state index in [1.54, 1.807) is 0 Å². The number of hydrogen-bond acceptors (Lipinski definition) is 3. The summed E-state index contributed by atoms with van der Waals surface area (Å²) >= 11 is 0. The Morgan fingerprint density at radius 3 is 2.53 bits per heavy atom. The molecule has 0 unspecified atom stereocenters. The van der Waals surface area contributed by atoms with Crippen molar-refractivity contribution in [1.82, 2.24) is 10.2 Å². The second-order valence-electron chi connectivity index (χ2n) is 4.72. The minimum Gasteiger partial charge on any atom is -0.354 e. The number of nitrogens with zero attached hydrogens (tertiary/aromatic N) is 1. The van der Waals surface area contributed by atoms with Gasteiger partial charge in [-0.05, 0) is 33.0 Å². The zero-order valence-electron chi connectivity index (χ0n) is 11.8. The van der Waals surface area contributed by atoms with Gasteiger partial charge in [-0.1, -0.05) is 18.2 Å². The van der Waals surface area contributed by atoms with Gasteiger partial charge in [0.25, 0.3) is 0 Å². The first-order valence-corrected chi connectivity index (χ1v) is 7.73. The highest BCUT2D eigenvalue weighted by Crippen LogP contribution is 2.04. The zero-order chi connectivity index (χ0) is 14.3. The molecule has 0 radical (unpaired) electrons. The highest BCUT2D eigenvalue weighted by atomic mass is 32.2. The predicted octanol–water partition coefficient (Wildman–Crippen LogP) is 1.25. The van der Waals surface area contributed by atoms with E-state index < -0.39 is 10.8 Å². The summed E-state index contributed by atoms with van der Waals surface area (Å²) in [7, 11) is 0.859. The van der Waals surface area contributed by atoms with E-state index in [9.17, 15) is 9.00 Å².